The summed E-state index contributed by atoms with van der Waals surface area (Å²) in [7, 11) is 0. The van der Waals surface area contributed by atoms with Crippen LogP contribution in [0, 0.1) is 0 Å². The minimum atomic E-state index is -0.357. The standard InChI is InChI=1S/C10H19N3O2/c14-8-6-9(12-7-8)10(15)13-4-1-2-11-3-5-13/h8-9,11-12,14H,1-7H2. The van der Waals surface area contributed by atoms with Crippen molar-refractivity contribution in [3.63, 3.8) is 0 Å². The van der Waals surface area contributed by atoms with Gasteiger partial charge in [-0.1, -0.05) is 0 Å². The predicted molar refractivity (Wildman–Crippen MR) is 56.5 cm³/mol. The number of aliphatic hydroxyl groups is 1. The van der Waals surface area contributed by atoms with Crippen LogP contribution in [0.5, 0.6) is 0 Å². The average molecular weight is 213 g/mol. The van der Waals surface area contributed by atoms with Gasteiger partial charge in [0.05, 0.1) is 12.1 Å². The number of hydrogen-bond acceptors (Lipinski definition) is 4. The molecule has 0 bridgehead atoms. The number of carbonyl (C=O) groups is 1. The van der Waals surface area contributed by atoms with Crippen LogP contribution in [0.2, 0.25) is 0 Å². The first kappa shape index (κ1) is 10.9. The number of nitrogens with one attached hydrogen (secondary N) is 2. The number of nitrogens with zero attached hydrogens (tertiary/aromatic N) is 1. The third-order valence-electron chi connectivity index (χ3n) is 3.06. The molecule has 2 unspecified atom stereocenters. The van der Waals surface area contributed by atoms with Gasteiger partial charge < -0.3 is 20.6 Å². The summed E-state index contributed by atoms with van der Waals surface area (Å²) in [6, 6.07) is -0.168. The molecule has 0 aromatic rings. The summed E-state index contributed by atoms with van der Waals surface area (Å²) in [6.45, 7) is 4.03. The van der Waals surface area contributed by atoms with E-state index in [1.165, 1.54) is 0 Å². The lowest BCUT2D eigenvalue weighted by atomic mass is 10.2. The van der Waals surface area contributed by atoms with Gasteiger partial charge in [0, 0.05) is 26.2 Å². The first-order valence-electron chi connectivity index (χ1n) is 5.68. The molecule has 86 valence electrons. The van der Waals surface area contributed by atoms with E-state index < -0.39 is 0 Å². The van der Waals surface area contributed by atoms with E-state index in [2.05, 4.69) is 10.6 Å². The van der Waals surface area contributed by atoms with Crippen LogP contribution in [0.4, 0.5) is 0 Å². The van der Waals surface area contributed by atoms with E-state index in [0.717, 1.165) is 32.6 Å². The van der Waals surface area contributed by atoms with Gasteiger partial charge in [-0.2, -0.15) is 0 Å². The Morgan fingerprint density at radius 1 is 1.33 bits per heavy atom. The molecule has 2 aliphatic rings. The number of hydrogen-bond donors (Lipinski definition) is 3. The Morgan fingerprint density at radius 2 is 2.20 bits per heavy atom. The van der Waals surface area contributed by atoms with Crippen molar-refractivity contribution in [2.24, 2.45) is 0 Å². The fourth-order valence-corrected chi connectivity index (χ4v) is 2.19. The summed E-state index contributed by atoms with van der Waals surface area (Å²) in [5.41, 5.74) is 0. The highest BCUT2D eigenvalue weighted by Gasteiger charge is 2.31. The van der Waals surface area contributed by atoms with E-state index in [9.17, 15) is 9.90 Å². The Labute approximate surface area is 89.8 Å². The zero-order valence-corrected chi connectivity index (χ0v) is 8.91. The lowest BCUT2D eigenvalue weighted by Crippen LogP contribution is -2.44. The molecule has 15 heavy (non-hydrogen) atoms. The summed E-state index contributed by atoms with van der Waals surface area (Å²) in [6.07, 6.45) is 1.22. The summed E-state index contributed by atoms with van der Waals surface area (Å²) >= 11 is 0. The minimum absolute atomic E-state index is 0.148. The zero-order chi connectivity index (χ0) is 10.7. The second-order valence-electron chi connectivity index (χ2n) is 4.28. The molecule has 0 aliphatic carbocycles. The summed E-state index contributed by atoms with van der Waals surface area (Å²) in [5, 5.41) is 15.7. The molecule has 2 rings (SSSR count). The molecule has 0 spiro atoms. The third-order valence-corrected chi connectivity index (χ3v) is 3.06. The maximum Gasteiger partial charge on any atom is 0.239 e. The smallest absolute Gasteiger partial charge is 0.239 e. The largest absolute Gasteiger partial charge is 0.392 e. The fourth-order valence-electron chi connectivity index (χ4n) is 2.19. The lowest BCUT2D eigenvalue weighted by molar-refractivity contribution is -0.133. The van der Waals surface area contributed by atoms with Crippen molar-refractivity contribution in [2.45, 2.75) is 25.0 Å². The van der Waals surface area contributed by atoms with Gasteiger partial charge in [-0.25, -0.2) is 0 Å². The van der Waals surface area contributed by atoms with Gasteiger partial charge in [-0.05, 0) is 19.4 Å². The van der Waals surface area contributed by atoms with Gasteiger partial charge in [0.15, 0.2) is 0 Å². The molecule has 1 amide bonds. The zero-order valence-electron chi connectivity index (χ0n) is 8.91. The lowest BCUT2D eigenvalue weighted by Gasteiger charge is -2.23. The molecular formula is C10H19N3O2. The van der Waals surface area contributed by atoms with Crippen molar-refractivity contribution >= 4 is 5.91 Å². The molecule has 2 aliphatic heterocycles. The number of rotatable bonds is 1. The number of amides is 1. The highest BCUT2D eigenvalue weighted by atomic mass is 16.3. The van der Waals surface area contributed by atoms with E-state index in [-0.39, 0.29) is 18.1 Å². The number of aliphatic hydroxyl groups excluding tert-OH is 1. The molecule has 0 radical (unpaired) electrons. The monoisotopic (exact) mass is 213 g/mol. The van der Waals surface area contributed by atoms with Gasteiger partial charge in [0.2, 0.25) is 5.91 Å². The van der Waals surface area contributed by atoms with Crippen molar-refractivity contribution < 1.29 is 9.90 Å². The Hall–Kier alpha value is -0.650. The van der Waals surface area contributed by atoms with Crippen LogP contribution in [0.1, 0.15) is 12.8 Å². The molecule has 3 N–H and O–H groups in total. The summed E-state index contributed by atoms with van der Waals surface area (Å²) in [4.78, 5) is 13.9. The van der Waals surface area contributed by atoms with E-state index >= 15 is 0 Å². The van der Waals surface area contributed by atoms with Gasteiger partial charge >= 0.3 is 0 Å². The van der Waals surface area contributed by atoms with Gasteiger partial charge in [-0.15, -0.1) is 0 Å². The van der Waals surface area contributed by atoms with Crippen LogP contribution in [0.25, 0.3) is 0 Å². The van der Waals surface area contributed by atoms with Crippen molar-refractivity contribution in [3.05, 3.63) is 0 Å². The normalized spacial score (nSPS) is 32.7. The number of β-amino-alcohol motifs (C(OH)–C–C–N with tert-alkyl or cyclic N) is 1. The SMILES string of the molecule is O=C(C1CC(O)CN1)N1CCCNCC1. The third kappa shape index (κ3) is 2.68. The summed E-state index contributed by atoms with van der Waals surface area (Å²) < 4.78 is 0. The second kappa shape index (κ2) is 4.92. The van der Waals surface area contributed by atoms with Crippen molar-refractivity contribution in [1.82, 2.24) is 15.5 Å². The van der Waals surface area contributed by atoms with Crippen LogP contribution in [0.3, 0.4) is 0 Å². The summed E-state index contributed by atoms with van der Waals surface area (Å²) in [5.74, 6) is 0.148. The Balaban J connectivity index is 1.88. The van der Waals surface area contributed by atoms with E-state index in [4.69, 9.17) is 0 Å². The molecule has 2 atom stereocenters. The average Bonchev–Trinajstić information content (AvgIpc) is 2.53. The Bertz CT molecular complexity index is 227. The highest BCUT2D eigenvalue weighted by molar-refractivity contribution is 5.82. The Kier molecular flexibility index (Phi) is 3.56. The molecular weight excluding hydrogens is 194 g/mol. The highest BCUT2D eigenvalue weighted by Crippen LogP contribution is 2.10. The molecule has 2 heterocycles. The van der Waals surface area contributed by atoms with Crippen molar-refractivity contribution in [3.8, 4) is 0 Å². The molecule has 2 fully saturated rings. The minimum Gasteiger partial charge on any atom is -0.392 e. The molecule has 0 aromatic heterocycles. The number of carbonyl (C=O) groups excluding carboxylic acids is 1. The van der Waals surface area contributed by atoms with Gasteiger partial charge in [-0.3, -0.25) is 4.79 Å². The molecule has 0 saturated carbocycles. The molecule has 0 aromatic carbocycles. The van der Waals surface area contributed by atoms with Crippen molar-refractivity contribution in [2.75, 3.05) is 32.7 Å². The quantitative estimate of drug-likeness (QED) is 0.498. The first-order valence-corrected chi connectivity index (χ1v) is 5.68. The van der Waals surface area contributed by atoms with Crippen LogP contribution < -0.4 is 10.6 Å². The topological polar surface area (TPSA) is 64.6 Å². The van der Waals surface area contributed by atoms with Crippen LogP contribution in [0.15, 0.2) is 0 Å². The van der Waals surface area contributed by atoms with Crippen LogP contribution in [-0.4, -0.2) is 60.8 Å². The van der Waals surface area contributed by atoms with E-state index in [1.54, 1.807) is 0 Å². The predicted octanol–water partition coefficient (Wildman–Crippen LogP) is -1.47. The second-order valence-corrected chi connectivity index (χ2v) is 4.28. The van der Waals surface area contributed by atoms with E-state index in [0.29, 0.717) is 13.0 Å². The maximum absolute atomic E-state index is 12.0. The first-order chi connectivity index (χ1) is 7.27. The molecule has 5 heteroatoms. The molecule has 5 nitrogen and oxygen atoms in total. The maximum atomic E-state index is 12.0. The van der Waals surface area contributed by atoms with Crippen molar-refractivity contribution in [1.29, 1.82) is 0 Å². The Morgan fingerprint density at radius 3 is 2.93 bits per heavy atom. The van der Waals surface area contributed by atoms with Crippen LogP contribution in [-0.2, 0) is 4.79 Å². The molecule has 2 saturated heterocycles. The van der Waals surface area contributed by atoms with Gasteiger partial charge in [0.25, 0.3) is 0 Å². The van der Waals surface area contributed by atoms with E-state index in [1.807, 2.05) is 4.90 Å². The van der Waals surface area contributed by atoms with Gasteiger partial charge in [0.1, 0.15) is 0 Å². The van der Waals surface area contributed by atoms with Crippen LogP contribution >= 0.6 is 0 Å². The fraction of sp³-hybridized carbons (Fsp3) is 0.900.